The molecule has 1 aromatic heterocycles. The SMILES string of the molecule is CC(C)N1CCN(C(=O)c2ccc(CNC(=O)c3cccs3)cc2)CC1. The van der Waals surface area contributed by atoms with Crippen LogP contribution in [-0.2, 0) is 6.54 Å². The van der Waals surface area contributed by atoms with Crippen molar-refractivity contribution in [3.05, 3.63) is 57.8 Å². The Morgan fingerprint density at radius 1 is 1.08 bits per heavy atom. The summed E-state index contributed by atoms with van der Waals surface area (Å²) >= 11 is 1.42. The number of nitrogens with one attached hydrogen (secondary N) is 1. The highest BCUT2D eigenvalue weighted by Crippen LogP contribution is 2.13. The van der Waals surface area contributed by atoms with E-state index in [-0.39, 0.29) is 11.8 Å². The highest BCUT2D eigenvalue weighted by atomic mass is 32.1. The highest BCUT2D eigenvalue weighted by molar-refractivity contribution is 7.12. The van der Waals surface area contributed by atoms with E-state index in [0.29, 0.717) is 23.0 Å². The zero-order valence-corrected chi connectivity index (χ0v) is 16.1. The third-order valence-corrected chi connectivity index (χ3v) is 5.60. The van der Waals surface area contributed by atoms with Gasteiger partial charge in [-0.15, -0.1) is 11.3 Å². The number of carbonyl (C=O) groups is 2. The van der Waals surface area contributed by atoms with Crippen molar-refractivity contribution >= 4 is 23.2 Å². The molecule has 1 aliphatic heterocycles. The molecule has 2 heterocycles. The van der Waals surface area contributed by atoms with Gasteiger partial charge in [0.15, 0.2) is 0 Å². The predicted octanol–water partition coefficient (Wildman–Crippen LogP) is 2.84. The molecule has 0 saturated carbocycles. The molecule has 0 atom stereocenters. The van der Waals surface area contributed by atoms with E-state index in [0.717, 1.165) is 31.7 Å². The lowest BCUT2D eigenvalue weighted by atomic mass is 10.1. The second kappa shape index (κ2) is 8.47. The maximum atomic E-state index is 12.6. The summed E-state index contributed by atoms with van der Waals surface area (Å²) in [6.45, 7) is 8.23. The third-order valence-electron chi connectivity index (χ3n) is 4.73. The minimum Gasteiger partial charge on any atom is -0.347 e. The smallest absolute Gasteiger partial charge is 0.261 e. The lowest BCUT2D eigenvalue weighted by molar-refractivity contribution is 0.0595. The first-order valence-corrected chi connectivity index (χ1v) is 9.86. The number of hydrogen-bond donors (Lipinski definition) is 1. The van der Waals surface area contributed by atoms with E-state index in [2.05, 4.69) is 24.1 Å². The molecule has 5 nitrogen and oxygen atoms in total. The molecule has 3 rings (SSSR count). The van der Waals surface area contributed by atoms with Crippen molar-refractivity contribution in [2.75, 3.05) is 26.2 Å². The molecule has 1 fully saturated rings. The first-order chi connectivity index (χ1) is 12.5. The molecule has 0 spiro atoms. The van der Waals surface area contributed by atoms with Gasteiger partial charge in [-0.25, -0.2) is 0 Å². The fraction of sp³-hybridized carbons (Fsp3) is 0.400. The van der Waals surface area contributed by atoms with E-state index < -0.39 is 0 Å². The van der Waals surface area contributed by atoms with Crippen LogP contribution in [0.25, 0.3) is 0 Å². The molecule has 6 heteroatoms. The molecule has 0 bridgehead atoms. The molecule has 1 saturated heterocycles. The number of benzene rings is 1. The van der Waals surface area contributed by atoms with Crippen LogP contribution in [0, 0.1) is 0 Å². The molecule has 0 radical (unpaired) electrons. The van der Waals surface area contributed by atoms with Crippen LogP contribution in [0.5, 0.6) is 0 Å². The standard InChI is InChI=1S/C20H25N3O2S/c1-15(2)22-9-11-23(12-10-22)20(25)17-7-5-16(6-8-17)14-21-19(24)18-4-3-13-26-18/h3-8,13,15H,9-12,14H2,1-2H3,(H,21,24). The second-order valence-electron chi connectivity index (χ2n) is 6.78. The summed E-state index contributed by atoms with van der Waals surface area (Å²) in [4.78, 5) is 29.6. The van der Waals surface area contributed by atoms with E-state index in [9.17, 15) is 9.59 Å². The molecule has 1 aliphatic rings. The van der Waals surface area contributed by atoms with E-state index in [1.807, 2.05) is 40.6 Å². The summed E-state index contributed by atoms with van der Waals surface area (Å²) in [5, 5.41) is 4.78. The Morgan fingerprint density at radius 2 is 1.77 bits per heavy atom. The van der Waals surface area contributed by atoms with Gasteiger partial charge in [0.2, 0.25) is 0 Å². The Morgan fingerprint density at radius 3 is 2.35 bits per heavy atom. The van der Waals surface area contributed by atoms with Crippen LogP contribution < -0.4 is 5.32 Å². The number of rotatable bonds is 5. The lowest BCUT2D eigenvalue weighted by Gasteiger charge is -2.37. The second-order valence-corrected chi connectivity index (χ2v) is 7.73. The van der Waals surface area contributed by atoms with Gasteiger partial charge in [-0.05, 0) is 43.0 Å². The molecule has 26 heavy (non-hydrogen) atoms. The largest absolute Gasteiger partial charge is 0.347 e. The van der Waals surface area contributed by atoms with Crippen LogP contribution in [0.4, 0.5) is 0 Å². The fourth-order valence-electron chi connectivity index (χ4n) is 3.07. The van der Waals surface area contributed by atoms with Crippen LogP contribution in [0.15, 0.2) is 41.8 Å². The van der Waals surface area contributed by atoms with Gasteiger partial charge in [0.1, 0.15) is 0 Å². The van der Waals surface area contributed by atoms with Gasteiger partial charge in [0.25, 0.3) is 11.8 Å². The van der Waals surface area contributed by atoms with Crippen molar-refractivity contribution in [1.29, 1.82) is 0 Å². The van der Waals surface area contributed by atoms with Gasteiger partial charge in [-0.1, -0.05) is 18.2 Å². The number of piperazine rings is 1. The van der Waals surface area contributed by atoms with Gasteiger partial charge in [0, 0.05) is 44.3 Å². The molecule has 1 N–H and O–H groups in total. The molecule has 2 aromatic rings. The monoisotopic (exact) mass is 371 g/mol. The maximum Gasteiger partial charge on any atom is 0.261 e. The van der Waals surface area contributed by atoms with Crippen molar-refractivity contribution < 1.29 is 9.59 Å². The van der Waals surface area contributed by atoms with E-state index in [1.165, 1.54) is 11.3 Å². The average Bonchev–Trinajstić information content (AvgIpc) is 3.21. The van der Waals surface area contributed by atoms with Crippen molar-refractivity contribution in [3.63, 3.8) is 0 Å². The number of hydrogen-bond acceptors (Lipinski definition) is 4. The topological polar surface area (TPSA) is 52.6 Å². The van der Waals surface area contributed by atoms with Gasteiger partial charge < -0.3 is 10.2 Å². The highest BCUT2D eigenvalue weighted by Gasteiger charge is 2.23. The first kappa shape index (κ1) is 18.6. The number of thiophene rings is 1. The van der Waals surface area contributed by atoms with Crippen LogP contribution in [-0.4, -0.2) is 53.8 Å². The minimum absolute atomic E-state index is 0.0665. The predicted molar refractivity (Wildman–Crippen MR) is 105 cm³/mol. The average molecular weight is 372 g/mol. The lowest BCUT2D eigenvalue weighted by Crippen LogP contribution is -2.50. The van der Waals surface area contributed by atoms with E-state index in [1.54, 1.807) is 6.07 Å². The minimum atomic E-state index is -0.0665. The molecule has 2 amide bonds. The van der Waals surface area contributed by atoms with Gasteiger partial charge in [-0.2, -0.15) is 0 Å². The Hall–Kier alpha value is -2.18. The zero-order valence-electron chi connectivity index (χ0n) is 15.3. The molecule has 138 valence electrons. The van der Waals surface area contributed by atoms with Crippen molar-refractivity contribution in [1.82, 2.24) is 15.1 Å². The third kappa shape index (κ3) is 4.51. The Bertz CT molecular complexity index is 733. The fourth-order valence-corrected chi connectivity index (χ4v) is 3.71. The quantitative estimate of drug-likeness (QED) is 0.879. The molecule has 0 unspecified atom stereocenters. The van der Waals surface area contributed by atoms with Gasteiger partial charge >= 0.3 is 0 Å². The van der Waals surface area contributed by atoms with Crippen molar-refractivity contribution in [2.24, 2.45) is 0 Å². The van der Waals surface area contributed by atoms with Crippen LogP contribution in [0.1, 0.15) is 39.4 Å². The van der Waals surface area contributed by atoms with Crippen LogP contribution in [0.3, 0.4) is 0 Å². The summed E-state index contributed by atoms with van der Waals surface area (Å²) in [5.41, 5.74) is 1.69. The Kier molecular flexibility index (Phi) is 6.06. The van der Waals surface area contributed by atoms with Crippen LogP contribution >= 0.6 is 11.3 Å². The zero-order chi connectivity index (χ0) is 18.5. The summed E-state index contributed by atoms with van der Waals surface area (Å²) in [5.74, 6) is 0.0192. The van der Waals surface area contributed by atoms with Crippen LogP contribution in [0.2, 0.25) is 0 Å². The maximum absolute atomic E-state index is 12.6. The molecular formula is C20H25N3O2S. The Labute approximate surface area is 158 Å². The summed E-state index contributed by atoms with van der Waals surface area (Å²) in [6, 6.07) is 11.7. The van der Waals surface area contributed by atoms with Crippen molar-refractivity contribution in [3.8, 4) is 0 Å². The van der Waals surface area contributed by atoms with E-state index in [4.69, 9.17) is 0 Å². The normalized spacial score (nSPS) is 15.3. The number of nitrogens with zero attached hydrogens (tertiary/aromatic N) is 2. The molecular weight excluding hydrogens is 346 g/mol. The number of amides is 2. The first-order valence-electron chi connectivity index (χ1n) is 8.98. The van der Waals surface area contributed by atoms with Gasteiger partial charge in [0.05, 0.1) is 4.88 Å². The summed E-state index contributed by atoms with van der Waals surface area (Å²) in [6.07, 6.45) is 0. The summed E-state index contributed by atoms with van der Waals surface area (Å²) < 4.78 is 0. The van der Waals surface area contributed by atoms with Crippen molar-refractivity contribution in [2.45, 2.75) is 26.4 Å². The molecule has 0 aliphatic carbocycles. The Balaban J connectivity index is 1.52. The van der Waals surface area contributed by atoms with E-state index >= 15 is 0 Å². The van der Waals surface area contributed by atoms with Gasteiger partial charge in [-0.3, -0.25) is 14.5 Å². The summed E-state index contributed by atoms with van der Waals surface area (Å²) in [7, 11) is 0. The molecule has 1 aromatic carbocycles. The number of carbonyl (C=O) groups excluding carboxylic acids is 2.